The first-order chi connectivity index (χ1) is 11.5. The van der Waals surface area contributed by atoms with E-state index < -0.39 is 5.92 Å². The van der Waals surface area contributed by atoms with Gasteiger partial charge in [-0.25, -0.2) is 14.1 Å². The Labute approximate surface area is 137 Å². The van der Waals surface area contributed by atoms with Gasteiger partial charge in [-0.05, 0) is 30.2 Å². The van der Waals surface area contributed by atoms with Gasteiger partial charge in [0.25, 0.3) is 0 Å². The van der Waals surface area contributed by atoms with Crippen LogP contribution in [0.1, 0.15) is 5.56 Å². The maximum Gasteiger partial charge on any atom is 0.248 e. The quantitative estimate of drug-likeness (QED) is 0.841. The fourth-order valence-electron chi connectivity index (χ4n) is 2.40. The molecule has 8 nitrogen and oxygen atoms in total. The van der Waals surface area contributed by atoms with Crippen LogP contribution >= 0.6 is 0 Å². The van der Waals surface area contributed by atoms with Crippen LogP contribution in [0, 0.1) is 11.7 Å². The fraction of sp³-hybridized carbons (Fsp3) is 0.333. The smallest absolute Gasteiger partial charge is 0.248 e. The SMILES string of the molecule is CNC(=O)Cn1cnc(NC(=O)C2COc3ccc(F)cc3C2)n1. The van der Waals surface area contributed by atoms with Crippen LogP contribution in [0.3, 0.4) is 0 Å². The van der Waals surface area contributed by atoms with Crippen molar-refractivity contribution in [1.82, 2.24) is 20.1 Å². The standard InChI is InChI=1S/C15H16FN5O3/c1-17-13(22)6-21-8-18-15(20-21)19-14(23)10-4-9-5-11(16)2-3-12(9)24-7-10/h2-3,5,8,10H,4,6-7H2,1H3,(H,17,22)(H,19,20,23). The summed E-state index contributed by atoms with van der Waals surface area (Å²) in [6.45, 7) is 0.210. The lowest BCUT2D eigenvalue weighted by Crippen LogP contribution is -2.33. The van der Waals surface area contributed by atoms with Gasteiger partial charge in [-0.3, -0.25) is 14.9 Å². The van der Waals surface area contributed by atoms with Crippen molar-refractivity contribution in [1.29, 1.82) is 0 Å². The first kappa shape index (κ1) is 15.9. The van der Waals surface area contributed by atoms with Gasteiger partial charge in [0.2, 0.25) is 17.8 Å². The van der Waals surface area contributed by atoms with Crippen molar-refractivity contribution in [2.45, 2.75) is 13.0 Å². The van der Waals surface area contributed by atoms with E-state index in [0.29, 0.717) is 17.7 Å². The van der Waals surface area contributed by atoms with E-state index in [9.17, 15) is 14.0 Å². The number of fused-ring (bicyclic) bond motifs is 1. The third-order valence-electron chi connectivity index (χ3n) is 3.66. The van der Waals surface area contributed by atoms with Gasteiger partial charge in [-0.15, -0.1) is 5.10 Å². The Morgan fingerprint density at radius 2 is 2.29 bits per heavy atom. The Morgan fingerprint density at radius 3 is 3.08 bits per heavy atom. The van der Waals surface area contributed by atoms with Gasteiger partial charge < -0.3 is 10.1 Å². The van der Waals surface area contributed by atoms with Crippen LogP contribution in [0.25, 0.3) is 0 Å². The Morgan fingerprint density at radius 1 is 1.46 bits per heavy atom. The normalized spacial score (nSPS) is 16.0. The van der Waals surface area contributed by atoms with Crippen LogP contribution in [0.5, 0.6) is 5.75 Å². The van der Waals surface area contributed by atoms with E-state index in [1.165, 1.54) is 30.2 Å². The fourth-order valence-corrected chi connectivity index (χ4v) is 2.40. The average molecular weight is 333 g/mol. The Balaban J connectivity index is 1.62. The monoisotopic (exact) mass is 333 g/mol. The van der Waals surface area contributed by atoms with E-state index in [0.717, 1.165) is 0 Å². The number of nitrogens with one attached hydrogen (secondary N) is 2. The molecule has 0 spiro atoms. The van der Waals surface area contributed by atoms with Gasteiger partial charge in [-0.1, -0.05) is 0 Å². The largest absolute Gasteiger partial charge is 0.492 e. The number of carbonyl (C=O) groups is 2. The summed E-state index contributed by atoms with van der Waals surface area (Å²) in [5.74, 6) is -0.680. The highest BCUT2D eigenvalue weighted by Gasteiger charge is 2.27. The predicted molar refractivity (Wildman–Crippen MR) is 81.8 cm³/mol. The molecule has 1 unspecified atom stereocenters. The van der Waals surface area contributed by atoms with Crippen LogP contribution < -0.4 is 15.4 Å². The molecule has 0 saturated heterocycles. The van der Waals surface area contributed by atoms with Crippen molar-refractivity contribution in [2.24, 2.45) is 5.92 Å². The third kappa shape index (κ3) is 3.50. The minimum atomic E-state index is -0.467. The minimum Gasteiger partial charge on any atom is -0.492 e. The number of hydrogen-bond acceptors (Lipinski definition) is 5. The molecular formula is C15H16FN5O3. The molecule has 0 bridgehead atoms. The number of aromatic nitrogens is 3. The van der Waals surface area contributed by atoms with Crippen molar-refractivity contribution >= 4 is 17.8 Å². The number of carbonyl (C=O) groups excluding carboxylic acids is 2. The summed E-state index contributed by atoms with van der Waals surface area (Å²) >= 11 is 0. The van der Waals surface area contributed by atoms with E-state index in [1.807, 2.05) is 0 Å². The van der Waals surface area contributed by atoms with Crippen molar-refractivity contribution in [3.05, 3.63) is 35.9 Å². The average Bonchev–Trinajstić information content (AvgIpc) is 3.00. The molecule has 1 aliphatic heterocycles. The van der Waals surface area contributed by atoms with E-state index in [-0.39, 0.29) is 36.7 Å². The molecule has 9 heteroatoms. The van der Waals surface area contributed by atoms with Gasteiger partial charge in [0.05, 0.1) is 5.92 Å². The lowest BCUT2D eigenvalue weighted by Gasteiger charge is -2.24. The number of likely N-dealkylation sites (N-methyl/N-ethyl adjacent to an activating group) is 1. The molecule has 3 rings (SSSR count). The summed E-state index contributed by atoms with van der Waals surface area (Å²) in [5.41, 5.74) is 0.652. The van der Waals surface area contributed by atoms with Gasteiger partial charge in [0, 0.05) is 7.05 Å². The Kier molecular flexibility index (Phi) is 4.41. The van der Waals surface area contributed by atoms with Crippen molar-refractivity contribution < 1.29 is 18.7 Å². The Bertz CT molecular complexity index is 776. The molecule has 0 saturated carbocycles. The third-order valence-corrected chi connectivity index (χ3v) is 3.66. The van der Waals surface area contributed by atoms with E-state index in [2.05, 4.69) is 20.7 Å². The molecule has 2 heterocycles. The highest BCUT2D eigenvalue weighted by Crippen LogP contribution is 2.28. The number of rotatable bonds is 4. The lowest BCUT2D eigenvalue weighted by atomic mass is 9.96. The van der Waals surface area contributed by atoms with E-state index in [4.69, 9.17) is 4.74 Å². The van der Waals surface area contributed by atoms with Gasteiger partial charge in [0.1, 0.15) is 31.0 Å². The first-order valence-corrected chi connectivity index (χ1v) is 7.37. The molecule has 1 aliphatic rings. The number of ether oxygens (including phenoxy) is 1. The summed E-state index contributed by atoms with van der Waals surface area (Å²) in [5, 5.41) is 9.05. The highest BCUT2D eigenvalue weighted by molar-refractivity contribution is 5.91. The zero-order chi connectivity index (χ0) is 17.1. The number of amides is 2. The minimum absolute atomic E-state index is 0.0125. The summed E-state index contributed by atoms with van der Waals surface area (Å²) in [4.78, 5) is 27.5. The van der Waals surface area contributed by atoms with E-state index >= 15 is 0 Å². The zero-order valence-corrected chi connectivity index (χ0v) is 13.0. The second kappa shape index (κ2) is 6.65. The van der Waals surface area contributed by atoms with Crippen molar-refractivity contribution in [2.75, 3.05) is 19.0 Å². The maximum absolute atomic E-state index is 13.3. The van der Waals surface area contributed by atoms with Crippen LogP contribution in [-0.4, -0.2) is 40.2 Å². The summed E-state index contributed by atoms with van der Waals surface area (Å²) in [7, 11) is 1.52. The number of anilines is 1. The number of nitrogens with zero attached hydrogens (tertiary/aromatic N) is 3. The number of halogens is 1. The molecule has 1 atom stereocenters. The number of hydrogen-bond donors (Lipinski definition) is 2. The first-order valence-electron chi connectivity index (χ1n) is 7.37. The van der Waals surface area contributed by atoms with Gasteiger partial charge in [-0.2, -0.15) is 0 Å². The van der Waals surface area contributed by atoms with Gasteiger partial charge >= 0.3 is 0 Å². The molecular weight excluding hydrogens is 317 g/mol. The molecule has 0 radical (unpaired) electrons. The van der Waals surface area contributed by atoms with Crippen LogP contribution in [0.2, 0.25) is 0 Å². The zero-order valence-electron chi connectivity index (χ0n) is 13.0. The molecule has 2 N–H and O–H groups in total. The maximum atomic E-state index is 13.3. The van der Waals surface area contributed by atoms with Crippen LogP contribution in [-0.2, 0) is 22.6 Å². The summed E-state index contributed by atoms with van der Waals surface area (Å²) < 4.78 is 20.1. The van der Waals surface area contributed by atoms with E-state index in [1.54, 1.807) is 6.07 Å². The number of benzene rings is 1. The highest BCUT2D eigenvalue weighted by atomic mass is 19.1. The second-order valence-corrected chi connectivity index (χ2v) is 5.39. The van der Waals surface area contributed by atoms with Crippen molar-refractivity contribution in [3.8, 4) is 5.75 Å². The van der Waals surface area contributed by atoms with Crippen LogP contribution in [0.4, 0.5) is 10.3 Å². The molecule has 2 amide bonds. The molecule has 1 aromatic heterocycles. The topological polar surface area (TPSA) is 98.1 Å². The Hall–Kier alpha value is -2.97. The molecule has 1 aromatic carbocycles. The predicted octanol–water partition coefficient (Wildman–Crippen LogP) is 0.353. The second-order valence-electron chi connectivity index (χ2n) is 5.39. The van der Waals surface area contributed by atoms with Crippen LogP contribution in [0.15, 0.2) is 24.5 Å². The van der Waals surface area contributed by atoms with Gasteiger partial charge in [0.15, 0.2) is 0 Å². The van der Waals surface area contributed by atoms with Crippen molar-refractivity contribution in [3.63, 3.8) is 0 Å². The summed E-state index contributed by atoms with van der Waals surface area (Å²) in [6.07, 6.45) is 1.73. The summed E-state index contributed by atoms with van der Waals surface area (Å²) in [6, 6.07) is 4.24. The molecule has 2 aromatic rings. The molecule has 24 heavy (non-hydrogen) atoms. The molecule has 0 fully saturated rings. The lowest BCUT2D eigenvalue weighted by molar-refractivity contribution is -0.121. The molecule has 0 aliphatic carbocycles. The molecule has 126 valence electrons.